The molecular formula is C15H22ClN3O3S. The first-order valence-corrected chi connectivity index (χ1v) is 9.01. The maximum atomic E-state index is 12.6. The quantitative estimate of drug-likeness (QED) is 0.866. The van der Waals surface area contributed by atoms with Crippen molar-refractivity contribution in [2.24, 2.45) is 5.73 Å². The van der Waals surface area contributed by atoms with Gasteiger partial charge in [-0.3, -0.25) is 4.79 Å². The Kier molecular flexibility index (Phi) is 5.35. The van der Waals surface area contributed by atoms with Crippen LogP contribution in [0.1, 0.15) is 19.3 Å². The monoisotopic (exact) mass is 359 g/mol. The minimum absolute atomic E-state index is 0. The Balaban J connectivity index is 0.00000192. The number of hydrogen-bond acceptors (Lipinski definition) is 4. The van der Waals surface area contributed by atoms with Gasteiger partial charge >= 0.3 is 0 Å². The van der Waals surface area contributed by atoms with Crippen LogP contribution < -0.4 is 5.73 Å². The van der Waals surface area contributed by atoms with Gasteiger partial charge in [-0.15, -0.1) is 12.4 Å². The Morgan fingerprint density at radius 3 is 2.30 bits per heavy atom. The second-order valence-electron chi connectivity index (χ2n) is 6.02. The Hall–Kier alpha value is -1.15. The van der Waals surface area contributed by atoms with Crippen molar-refractivity contribution in [3.8, 4) is 0 Å². The molecule has 2 fully saturated rings. The summed E-state index contributed by atoms with van der Waals surface area (Å²) < 4.78 is 26.7. The molecule has 0 bridgehead atoms. The third-order valence-corrected chi connectivity index (χ3v) is 6.25. The molecule has 0 aromatic heterocycles. The predicted octanol–water partition coefficient (Wildman–Crippen LogP) is 0.823. The van der Waals surface area contributed by atoms with Crippen molar-refractivity contribution in [3.05, 3.63) is 30.3 Å². The molecule has 6 nitrogen and oxygen atoms in total. The molecule has 0 unspecified atom stereocenters. The summed E-state index contributed by atoms with van der Waals surface area (Å²) in [5.41, 5.74) is 5.27. The van der Waals surface area contributed by atoms with E-state index in [-0.39, 0.29) is 18.3 Å². The zero-order chi connectivity index (χ0) is 15.8. The number of carbonyl (C=O) groups is 1. The molecule has 0 spiro atoms. The molecule has 2 N–H and O–H groups in total. The van der Waals surface area contributed by atoms with Crippen LogP contribution in [0.3, 0.4) is 0 Å². The number of amides is 1. The molecule has 1 saturated heterocycles. The van der Waals surface area contributed by atoms with E-state index in [1.807, 2.05) is 0 Å². The van der Waals surface area contributed by atoms with Crippen molar-refractivity contribution >= 4 is 28.3 Å². The van der Waals surface area contributed by atoms with E-state index in [2.05, 4.69) is 0 Å². The number of carbonyl (C=O) groups excluding carboxylic acids is 1. The predicted molar refractivity (Wildman–Crippen MR) is 89.8 cm³/mol. The highest BCUT2D eigenvalue weighted by molar-refractivity contribution is 7.89. The number of hydrogen-bond donors (Lipinski definition) is 1. The molecule has 1 aromatic rings. The Morgan fingerprint density at radius 2 is 1.70 bits per heavy atom. The van der Waals surface area contributed by atoms with Crippen LogP contribution >= 0.6 is 12.4 Å². The van der Waals surface area contributed by atoms with Gasteiger partial charge in [0.05, 0.1) is 10.4 Å². The van der Waals surface area contributed by atoms with Crippen LogP contribution in [0.25, 0.3) is 0 Å². The van der Waals surface area contributed by atoms with Gasteiger partial charge in [-0.2, -0.15) is 4.31 Å². The Labute approximate surface area is 143 Å². The SMILES string of the molecule is Cl.NC1(C(=O)N2CCCN(S(=O)(=O)c3ccccc3)CC2)CC1. The van der Waals surface area contributed by atoms with E-state index >= 15 is 0 Å². The summed E-state index contributed by atoms with van der Waals surface area (Å²) >= 11 is 0. The molecule has 1 aromatic carbocycles. The molecule has 1 saturated carbocycles. The van der Waals surface area contributed by atoms with Gasteiger partial charge in [-0.25, -0.2) is 8.42 Å². The fourth-order valence-electron chi connectivity index (χ4n) is 2.74. The average molecular weight is 360 g/mol. The van der Waals surface area contributed by atoms with Crippen molar-refractivity contribution < 1.29 is 13.2 Å². The van der Waals surface area contributed by atoms with Gasteiger partial charge in [0.25, 0.3) is 0 Å². The highest BCUT2D eigenvalue weighted by Crippen LogP contribution is 2.34. The second-order valence-corrected chi connectivity index (χ2v) is 7.96. The summed E-state index contributed by atoms with van der Waals surface area (Å²) in [5, 5.41) is 0. The summed E-state index contributed by atoms with van der Waals surface area (Å²) in [5.74, 6) is -0.0357. The van der Waals surface area contributed by atoms with Gasteiger partial charge in [0.1, 0.15) is 0 Å². The zero-order valence-corrected chi connectivity index (χ0v) is 14.5. The lowest BCUT2D eigenvalue weighted by Crippen LogP contribution is -2.47. The number of rotatable bonds is 3. The Bertz CT molecular complexity index is 662. The lowest BCUT2D eigenvalue weighted by molar-refractivity contribution is -0.133. The summed E-state index contributed by atoms with van der Waals surface area (Å²) in [6.45, 7) is 1.72. The first-order chi connectivity index (χ1) is 10.4. The molecule has 2 aliphatic rings. The fraction of sp³-hybridized carbons (Fsp3) is 0.533. The van der Waals surface area contributed by atoms with Crippen LogP contribution in [-0.2, 0) is 14.8 Å². The van der Waals surface area contributed by atoms with Gasteiger partial charge in [0, 0.05) is 26.2 Å². The molecule has 1 aliphatic heterocycles. The average Bonchev–Trinajstić information content (AvgIpc) is 3.30. The second kappa shape index (κ2) is 6.76. The Morgan fingerprint density at radius 1 is 1.04 bits per heavy atom. The van der Waals surface area contributed by atoms with Crippen molar-refractivity contribution in [1.82, 2.24) is 9.21 Å². The zero-order valence-electron chi connectivity index (χ0n) is 12.8. The molecule has 1 aliphatic carbocycles. The van der Waals surface area contributed by atoms with Crippen molar-refractivity contribution in [3.63, 3.8) is 0 Å². The van der Waals surface area contributed by atoms with Gasteiger partial charge in [0.2, 0.25) is 15.9 Å². The molecule has 3 rings (SSSR count). The van der Waals surface area contributed by atoms with Crippen LogP contribution in [0.4, 0.5) is 0 Å². The van der Waals surface area contributed by atoms with Gasteiger partial charge in [-0.05, 0) is 31.4 Å². The van der Waals surface area contributed by atoms with E-state index in [0.29, 0.717) is 37.5 Å². The van der Waals surface area contributed by atoms with Crippen molar-refractivity contribution in [1.29, 1.82) is 0 Å². The van der Waals surface area contributed by atoms with E-state index in [1.165, 1.54) is 4.31 Å². The van der Waals surface area contributed by atoms with Gasteiger partial charge in [-0.1, -0.05) is 18.2 Å². The molecule has 0 radical (unpaired) electrons. The number of benzene rings is 1. The highest BCUT2D eigenvalue weighted by Gasteiger charge is 2.48. The molecule has 0 atom stereocenters. The van der Waals surface area contributed by atoms with Crippen LogP contribution in [0, 0.1) is 0 Å². The molecule has 1 heterocycles. The summed E-state index contributed by atoms with van der Waals surface area (Å²) in [4.78, 5) is 14.3. The van der Waals surface area contributed by atoms with Crippen molar-refractivity contribution in [2.45, 2.75) is 29.7 Å². The smallest absolute Gasteiger partial charge is 0.243 e. The van der Waals surface area contributed by atoms with Crippen LogP contribution in [0.5, 0.6) is 0 Å². The number of halogens is 1. The maximum absolute atomic E-state index is 12.6. The molecule has 8 heteroatoms. The minimum atomic E-state index is -3.49. The van der Waals surface area contributed by atoms with Crippen molar-refractivity contribution in [2.75, 3.05) is 26.2 Å². The number of nitrogens with two attached hydrogens (primary N) is 1. The lowest BCUT2D eigenvalue weighted by atomic mass is 10.2. The largest absolute Gasteiger partial charge is 0.340 e. The maximum Gasteiger partial charge on any atom is 0.243 e. The molecule has 23 heavy (non-hydrogen) atoms. The standard InChI is InChI=1S/C15H21N3O3S.ClH/c16-15(7-8-15)14(19)17-9-4-10-18(12-11-17)22(20,21)13-5-2-1-3-6-13;/h1-3,5-6H,4,7-12,16H2;1H. The van der Waals surface area contributed by atoms with E-state index in [9.17, 15) is 13.2 Å². The third-order valence-electron chi connectivity index (χ3n) is 4.34. The van der Waals surface area contributed by atoms with E-state index in [1.54, 1.807) is 35.2 Å². The number of sulfonamides is 1. The third kappa shape index (κ3) is 3.68. The van der Waals surface area contributed by atoms with Gasteiger partial charge in [0.15, 0.2) is 0 Å². The normalized spacial score (nSPS) is 21.2. The first-order valence-electron chi connectivity index (χ1n) is 7.57. The molecule has 128 valence electrons. The molecular weight excluding hydrogens is 338 g/mol. The van der Waals surface area contributed by atoms with E-state index in [0.717, 1.165) is 12.8 Å². The molecule has 1 amide bonds. The van der Waals surface area contributed by atoms with Crippen LogP contribution in [0.15, 0.2) is 35.2 Å². The minimum Gasteiger partial charge on any atom is -0.340 e. The highest BCUT2D eigenvalue weighted by atomic mass is 35.5. The van der Waals surface area contributed by atoms with Gasteiger partial charge < -0.3 is 10.6 Å². The summed E-state index contributed by atoms with van der Waals surface area (Å²) in [7, 11) is -3.49. The fourth-order valence-corrected chi connectivity index (χ4v) is 4.23. The first kappa shape index (κ1) is 18.2. The van der Waals surface area contributed by atoms with E-state index < -0.39 is 15.6 Å². The van der Waals surface area contributed by atoms with Crippen LogP contribution in [0.2, 0.25) is 0 Å². The topological polar surface area (TPSA) is 83.7 Å². The lowest BCUT2D eigenvalue weighted by Gasteiger charge is -2.24. The summed E-state index contributed by atoms with van der Waals surface area (Å²) in [6.07, 6.45) is 2.09. The van der Waals surface area contributed by atoms with Crippen LogP contribution in [-0.4, -0.2) is 55.2 Å². The summed E-state index contributed by atoms with van der Waals surface area (Å²) in [6, 6.07) is 8.42. The van der Waals surface area contributed by atoms with E-state index in [4.69, 9.17) is 5.73 Å². The number of nitrogens with zero attached hydrogens (tertiary/aromatic N) is 2.